The van der Waals surface area contributed by atoms with Gasteiger partial charge in [0.15, 0.2) is 0 Å². The van der Waals surface area contributed by atoms with Crippen LogP contribution in [-0.2, 0) is 5.41 Å². The second-order valence-corrected chi connectivity index (χ2v) is 6.12. The number of hydrogen-bond donors (Lipinski definition) is 2. The van der Waals surface area contributed by atoms with Crippen molar-refractivity contribution in [3.63, 3.8) is 0 Å². The van der Waals surface area contributed by atoms with E-state index in [2.05, 4.69) is 37.3 Å². The Morgan fingerprint density at radius 2 is 2.06 bits per heavy atom. The van der Waals surface area contributed by atoms with Gasteiger partial charge in [0.2, 0.25) is 0 Å². The molecule has 2 fully saturated rings. The minimum absolute atomic E-state index is 0.0871. The smallest absolute Gasteiger partial charge is 0.0571 e. The molecule has 18 heavy (non-hydrogen) atoms. The maximum atomic E-state index is 10.0. The minimum atomic E-state index is -0.0871. The summed E-state index contributed by atoms with van der Waals surface area (Å²) in [5, 5.41) is 10.0. The Kier molecular flexibility index (Phi) is 2.95. The van der Waals surface area contributed by atoms with Crippen LogP contribution in [0.4, 0.5) is 0 Å². The van der Waals surface area contributed by atoms with Crippen LogP contribution in [0.3, 0.4) is 0 Å². The lowest BCUT2D eigenvalue weighted by molar-refractivity contribution is 0.0735. The van der Waals surface area contributed by atoms with Crippen molar-refractivity contribution in [1.82, 2.24) is 0 Å². The molecular formula is C16H23NO. The summed E-state index contributed by atoms with van der Waals surface area (Å²) >= 11 is 0. The highest BCUT2D eigenvalue weighted by molar-refractivity contribution is 5.33. The van der Waals surface area contributed by atoms with Crippen LogP contribution in [0.2, 0.25) is 0 Å². The van der Waals surface area contributed by atoms with Gasteiger partial charge in [-0.1, -0.05) is 37.3 Å². The lowest BCUT2D eigenvalue weighted by Gasteiger charge is -2.44. The minimum Gasteiger partial charge on any atom is -0.393 e. The largest absolute Gasteiger partial charge is 0.393 e. The maximum absolute atomic E-state index is 10.0. The van der Waals surface area contributed by atoms with Crippen LogP contribution >= 0.6 is 0 Å². The first kappa shape index (κ1) is 12.2. The fourth-order valence-electron chi connectivity index (χ4n) is 4.48. The molecule has 3 N–H and O–H groups in total. The van der Waals surface area contributed by atoms with Gasteiger partial charge < -0.3 is 10.8 Å². The Bertz CT molecular complexity index is 416. The average molecular weight is 245 g/mol. The fraction of sp³-hybridized carbons (Fsp3) is 0.625. The van der Waals surface area contributed by atoms with Crippen molar-refractivity contribution < 1.29 is 5.11 Å². The van der Waals surface area contributed by atoms with Gasteiger partial charge in [0.05, 0.1) is 6.10 Å². The molecule has 0 amide bonds. The van der Waals surface area contributed by atoms with E-state index < -0.39 is 0 Å². The molecular weight excluding hydrogens is 222 g/mol. The van der Waals surface area contributed by atoms with Crippen molar-refractivity contribution in [3.05, 3.63) is 35.9 Å². The van der Waals surface area contributed by atoms with Crippen molar-refractivity contribution in [3.8, 4) is 0 Å². The first-order valence-electron chi connectivity index (χ1n) is 7.17. The van der Waals surface area contributed by atoms with Crippen LogP contribution in [-0.4, -0.2) is 17.3 Å². The molecule has 0 radical (unpaired) electrons. The monoisotopic (exact) mass is 245 g/mol. The standard InChI is InChI=1S/C16H23NO/c1-2-15(17)16(12-6-4-3-5-7-12)10-11-8-13(16)9-14(11)18/h3-7,11,13-15,18H,2,8-10,17H2,1H3/t11-,13-,14?,15?,16+/m0/s1. The number of aliphatic hydroxyl groups is 1. The quantitative estimate of drug-likeness (QED) is 0.859. The average Bonchev–Trinajstić information content (AvgIpc) is 2.96. The summed E-state index contributed by atoms with van der Waals surface area (Å²) < 4.78 is 0. The summed E-state index contributed by atoms with van der Waals surface area (Å²) in [6, 6.07) is 11.0. The Labute approximate surface area is 109 Å². The lowest BCUT2D eigenvalue weighted by Crippen LogP contribution is -2.50. The number of benzene rings is 1. The van der Waals surface area contributed by atoms with E-state index in [1.165, 1.54) is 5.56 Å². The third kappa shape index (κ3) is 1.55. The van der Waals surface area contributed by atoms with Crippen molar-refractivity contribution >= 4 is 0 Å². The zero-order chi connectivity index (χ0) is 12.8. The first-order valence-corrected chi connectivity index (χ1v) is 7.17. The van der Waals surface area contributed by atoms with Gasteiger partial charge in [0.25, 0.3) is 0 Å². The van der Waals surface area contributed by atoms with Gasteiger partial charge in [-0.25, -0.2) is 0 Å². The highest BCUT2D eigenvalue weighted by atomic mass is 16.3. The van der Waals surface area contributed by atoms with Gasteiger partial charge >= 0.3 is 0 Å². The van der Waals surface area contributed by atoms with Crippen LogP contribution in [0.25, 0.3) is 0 Å². The van der Waals surface area contributed by atoms with E-state index in [1.807, 2.05) is 0 Å². The molecule has 0 aliphatic heterocycles. The predicted molar refractivity (Wildman–Crippen MR) is 73.2 cm³/mol. The van der Waals surface area contributed by atoms with Crippen LogP contribution in [0.1, 0.15) is 38.2 Å². The van der Waals surface area contributed by atoms with Gasteiger partial charge in [0, 0.05) is 11.5 Å². The molecule has 2 aliphatic carbocycles. The molecule has 0 spiro atoms. The Morgan fingerprint density at radius 3 is 2.56 bits per heavy atom. The Morgan fingerprint density at radius 1 is 1.33 bits per heavy atom. The molecule has 2 aliphatic rings. The van der Waals surface area contributed by atoms with Gasteiger partial charge in [0.1, 0.15) is 0 Å². The van der Waals surface area contributed by atoms with E-state index in [-0.39, 0.29) is 17.6 Å². The molecule has 1 aromatic rings. The first-order chi connectivity index (χ1) is 8.68. The summed E-state index contributed by atoms with van der Waals surface area (Å²) in [6.07, 6.45) is 4.08. The van der Waals surface area contributed by atoms with E-state index in [4.69, 9.17) is 5.73 Å². The van der Waals surface area contributed by atoms with Gasteiger partial charge in [-0.3, -0.25) is 0 Å². The molecule has 0 aromatic heterocycles. The lowest BCUT2D eigenvalue weighted by atomic mass is 9.63. The van der Waals surface area contributed by atoms with Crippen molar-refractivity contribution in [1.29, 1.82) is 0 Å². The molecule has 2 heteroatoms. The molecule has 2 bridgehead atoms. The number of rotatable bonds is 3. The summed E-state index contributed by atoms with van der Waals surface area (Å²) in [5.74, 6) is 1.03. The molecule has 0 saturated heterocycles. The molecule has 1 aromatic carbocycles. The van der Waals surface area contributed by atoms with E-state index in [9.17, 15) is 5.11 Å². The molecule has 0 heterocycles. The predicted octanol–water partition coefficient (Wildman–Crippen LogP) is 2.45. The fourth-order valence-corrected chi connectivity index (χ4v) is 4.48. The SMILES string of the molecule is CCC(N)[C@@]1(c2ccccc2)C[C@@H]2C[C@H]1CC2O. The second-order valence-electron chi connectivity index (χ2n) is 6.12. The Balaban J connectivity index is 2.02. The molecule has 3 rings (SSSR count). The van der Waals surface area contributed by atoms with Gasteiger partial charge in [-0.15, -0.1) is 0 Å². The summed E-state index contributed by atoms with van der Waals surface area (Å²) in [5.41, 5.74) is 7.99. The van der Waals surface area contributed by atoms with Gasteiger partial charge in [-0.05, 0) is 43.1 Å². The van der Waals surface area contributed by atoms with E-state index >= 15 is 0 Å². The highest BCUT2D eigenvalue weighted by Gasteiger charge is 2.57. The van der Waals surface area contributed by atoms with Gasteiger partial charge in [-0.2, -0.15) is 0 Å². The van der Waals surface area contributed by atoms with E-state index in [0.29, 0.717) is 11.8 Å². The topological polar surface area (TPSA) is 46.2 Å². The number of aliphatic hydroxyl groups excluding tert-OH is 1. The normalized spacial score (nSPS) is 40.1. The summed E-state index contributed by atoms with van der Waals surface area (Å²) in [4.78, 5) is 0. The Hall–Kier alpha value is -0.860. The highest BCUT2D eigenvalue weighted by Crippen LogP contribution is 2.58. The number of fused-ring (bicyclic) bond motifs is 2. The molecule has 2 unspecified atom stereocenters. The zero-order valence-electron chi connectivity index (χ0n) is 11.0. The van der Waals surface area contributed by atoms with E-state index in [1.54, 1.807) is 0 Å². The molecule has 2 saturated carbocycles. The van der Waals surface area contributed by atoms with Crippen molar-refractivity contribution in [2.45, 2.75) is 50.2 Å². The number of nitrogens with two attached hydrogens (primary N) is 1. The third-order valence-corrected chi connectivity index (χ3v) is 5.40. The van der Waals surface area contributed by atoms with Crippen molar-refractivity contribution in [2.75, 3.05) is 0 Å². The number of hydrogen-bond acceptors (Lipinski definition) is 2. The van der Waals surface area contributed by atoms with Crippen LogP contribution < -0.4 is 5.73 Å². The zero-order valence-corrected chi connectivity index (χ0v) is 11.0. The van der Waals surface area contributed by atoms with Crippen LogP contribution in [0.5, 0.6) is 0 Å². The van der Waals surface area contributed by atoms with Crippen LogP contribution in [0.15, 0.2) is 30.3 Å². The third-order valence-electron chi connectivity index (χ3n) is 5.40. The summed E-state index contributed by atoms with van der Waals surface area (Å²) in [7, 11) is 0. The van der Waals surface area contributed by atoms with Crippen molar-refractivity contribution in [2.24, 2.45) is 17.6 Å². The van der Waals surface area contributed by atoms with E-state index in [0.717, 1.165) is 25.7 Å². The maximum Gasteiger partial charge on any atom is 0.0571 e. The second kappa shape index (κ2) is 4.36. The summed E-state index contributed by atoms with van der Waals surface area (Å²) in [6.45, 7) is 2.18. The van der Waals surface area contributed by atoms with Crippen LogP contribution in [0, 0.1) is 11.8 Å². The molecule has 5 atom stereocenters. The molecule has 98 valence electrons. The molecule has 2 nitrogen and oxygen atoms in total.